The van der Waals surface area contributed by atoms with Crippen LogP contribution in [0.3, 0.4) is 0 Å². The number of ketones is 1. The van der Waals surface area contributed by atoms with E-state index in [9.17, 15) is 4.79 Å². The van der Waals surface area contributed by atoms with Gasteiger partial charge in [0.2, 0.25) is 0 Å². The topological polar surface area (TPSA) is 42.0 Å². The first kappa shape index (κ1) is 9.34. The fraction of sp³-hybridized carbons (Fsp3) is 0.455. The van der Waals surface area contributed by atoms with Crippen molar-refractivity contribution in [2.45, 2.75) is 25.3 Å². The fourth-order valence-electron chi connectivity index (χ4n) is 1.90. The zero-order chi connectivity index (χ0) is 10.0. The van der Waals surface area contributed by atoms with E-state index in [1.165, 1.54) is 0 Å². The van der Waals surface area contributed by atoms with Crippen molar-refractivity contribution >= 4 is 5.78 Å². The molecule has 1 unspecified atom stereocenters. The number of carbonyl (C=O) groups excluding carboxylic acids is 1. The molecule has 3 heteroatoms. The Morgan fingerprint density at radius 2 is 2.50 bits per heavy atom. The minimum atomic E-state index is -0.372. The quantitative estimate of drug-likeness (QED) is 0.717. The van der Waals surface area contributed by atoms with Gasteiger partial charge in [0.1, 0.15) is 0 Å². The van der Waals surface area contributed by atoms with E-state index in [1.54, 1.807) is 18.5 Å². The molecule has 3 nitrogen and oxygen atoms in total. The van der Waals surface area contributed by atoms with E-state index in [0.29, 0.717) is 5.56 Å². The number of nitrogens with one attached hydrogen (secondary N) is 1. The van der Waals surface area contributed by atoms with E-state index in [0.717, 1.165) is 19.4 Å². The van der Waals surface area contributed by atoms with Crippen LogP contribution in [0.2, 0.25) is 0 Å². The molecule has 0 aliphatic carbocycles. The minimum absolute atomic E-state index is 0.156. The Kier molecular flexibility index (Phi) is 2.33. The van der Waals surface area contributed by atoms with Crippen LogP contribution < -0.4 is 5.32 Å². The van der Waals surface area contributed by atoms with Crippen molar-refractivity contribution in [2.24, 2.45) is 0 Å². The second kappa shape index (κ2) is 3.50. The maximum absolute atomic E-state index is 12.1. The maximum Gasteiger partial charge on any atom is 0.184 e. The van der Waals surface area contributed by atoms with Gasteiger partial charge in [-0.05, 0) is 38.4 Å². The largest absolute Gasteiger partial charge is 0.305 e. The van der Waals surface area contributed by atoms with Crippen LogP contribution in [-0.4, -0.2) is 22.9 Å². The van der Waals surface area contributed by atoms with Crippen molar-refractivity contribution in [3.05, 3.63) is 30.1 Å². The Bertz CT molecular complexity index is 328. The lowest BCUT2D eigenvalue weighted by Crippen LogP contribution is -2.44. The summed E-state index contributed by atoms with van der Waals surface area (Å²) in [6.07, 6.45) is 5.30. The van der Waals surface area contributed by atoms with Gasteiger partial charge in [0.15, 0.2) is 5.78 Å². The molecule has 0 amide bonds. The van der Waals surface area contributed by atoms with E-state index in [1.807, 2.05) is 13.0 Å². The summed E-state index contributed by atoms with van der Waals surface area (Å²) in [7, 11) is 0. The van der Waals surface area contributed by atoms with Gasteiger partial charge in [-0.1, -0.05) is 0 Å². The fourth-order valence-corrected chi connectivity index (χ4v) is 1.90. The van der Waals surface area contributed by atoms with Crippen LogP contribution in [0, 0.1) is 0 Å². The van der Waals surface area contributed by atoms with Gasteiger partial charge in [0, 0.05) is 18.0 Å². The molecule has 0 spiro atoms. The van der Waals surface area contributed by atoms with Crippen LogP contribution in [0.25, 0.3) is 0 Å². The van der Waals surface area contributed by atoms with E-state index < -0.39 is 0 Å². The summed E-state index contributed by atoms with van der Waals surface area (Å²) in [5, 5.41) is 3.25. The zero-order valence-electron chi connectivity index (χ0n) is 8.29. The van der Waals surface area contributed by atoms with Crippen molar-refractivity contribution in [1.29, 1.82) is 0 Å². The third kappa shape index (κ3) is 1.55. The normalized spacial score (nSPS) is 26.4. The summed E-state index contributed by atoms with van der Waals surface area (Å²) in [6, 6.07) is 3.62. The van der Waals surface area contributed by atoms with Crippen molar-refractivity contribution in [3.8, 4) is 0 Å². The number of nitrogens with zero attached hydrogens (tertiary/aromatic N) is 1. The number of carbonyl (C=O) groups is 1. The molecule has 1 atom stereocenters. The van der Waals surface area contributed by atoms with Crippen LogP contribution in [-0.2, 0) is 0 Å². The van der Waals surface area contributed by atoms with Crippen LogP contribution in [0.15, 0.2) is 24.5 Å². The average molecular weight is 190 g/mol. The molecule has 2 heterocycles. The molecule has 1 N–H and O–H groups in total. The highest BCUT2D eigenvalue weighted by atomic mass is 16.1. The molecule has 0 radical (unpaired) electrons. The molecule has 1 saturated heterocycles. The second-order valence-electron chi connectivity index (χ2n) is 3.93. The van der Waals surface area contributed by atoms with E-state index in [2.05, 4.69) is 10.3 Å². The molecule has 74 valence electrons. The molecule has 0 saturated carbocycles. The third-order valence-electron chi connectivity index (χ3n) is 2.79. The highest BCUT2D eigenvalue weighted by molar-refractivity contribution is 6.02. The highest BCUT2D eigenvalue weighted by Gasteiger charge is 2.36. The molecule has 0 bridgehead atoms. The van der Waals surface area contributed by atoms with Gasteiger partial charge in [0.05, 0.1) is 5.54 Å². The average Bonchev–Trinajstić information content (AvgIpc) is 2.67. The van der Waals surface area contributed by atoms with Crippen molar-refractivity contribution < 1.29 is 4.79 Å². The lowest BCUT2D eigenvalue weighted by Gasteiger charge is -2.22. The molecule has 2 rings (SSSR count). The summed E-state index contributed by atoms with van der Waals surface area (Å²) in [5.41, 5.74) is 0.327. The molecule has 1 aliphatic heterocycles. The Labute approximate surface area is 83.5 Å². The number of hydrogen-bond donors (Lipinski definition) is 1. The van der Waals surface area contributed by atoms with Gasteiger partial charge in [-0.15, -0.1) is 0 Å². The number of rotatable bonds is 2. The lowest BCUT2D eigenvalue weighted by atomic mass is 9.91. The van der Waals surface area contributed by atoms with E-state index >= 15 is 0 Å². The Balaban J connectivity index is 2.24. The summed E-state index contributed by atoms with van der Waals surface area (Å²) >= 11 is 0. The Hall–Kier alpha value is -1.22. The predicted octanol–water partition coefficient (Wildman–Crippen LogP) is 1.41. The van der Waals surface area contributed by atoms with Gasteiger partial charge < -0.3 is 5.32 Å². The molecule has 0 aromatic carbocycles. The Morgan fingerprint density at radius 1 is 1.64 bits per heavy atom. The monoisotopic (exact) mass is 190 g/mol. The first-order valence-corrected chi connectivity index (χ1v) is 4.92. The van der Waals surface area contributed by atoms with Gasteiger partial charge in [0.25, 0.3) is 0 Å². The van der Waals surface area contributed by atoms with Gasteiger partial charge in [-0.2, -0.15) is 0 Å². The number of aromatic nitrogens is 1. The molecular weight excluding hydrogens is 176 g/mol. The number of pyridine rings is 1. The zero-order valence-corrected chi connectivity index (χ0v) is 8.29. The van der Waals surface area contributed by atoms with E-state index in [4.69, 9.17) is 0 Å². The van der Waals surface area contributed by atoms with Crippen LogP contribution in [0.4, 0.5) is 0 Å². The SMILES string of the molecule is CC1(C(=O)c2cccnc2)CCCN1. The van der Waals surface area contributed by atoms with Crippen LogP contribution in [0.5, 0.6) is 0 Å². The molecular formula is C11H14N2O. The van der Waals surface area contributed by atoms with Crippen LogP contribution >= 0.6 is 0 Å². The highest BCUT2D eigenvalue weighted by Crippen LogP contribution is 2.22. The number of Topliss-reactive ketones (excluding diaryl/α,β-unsaturated/α-hetero) is 1. The maximum atomic E-state index is 12.1. The molecule has 1 fully saturated rings. The summed E-state index contributed by atoms with van der Waals surface area (Å²) in [5.74, 6) is 0.156. The standard InChI is InChI=1S/C11H14N2O/c1-11(5-3-7-13-11)10(14)9-4-2-6-12-8-9/h2,4,6,8,13H,3,5,7H2,1H3. The van der Waals surface area contributed by atoms with Gasteiger partial charge >= 0.3 is 0 Å². The third-order valence-corrected chi connectivity index (χ3v) is 2.79. The molecule has 1 aromatic rings. The Morgan fingerprint density at radius 3 is 3.07 bits per heavy atom. The first-order chi connectivity index (χ1) is 6.72. The van der Waals surface area contributed by atoms with Crippen molar-refractivity contribution in [3.63, 3.8) is 0 Å². The van der Waals surface area contributed by atoms with Crippen LogP contribution in [0.1, 0.15) is 30.1 Å². The second-order valence-corrected chi connectivity index (χ2v) is 3.93. The van der Waals surface area contributed by atoms with Gasteiger partial charge in [-0.3, -0.25) is 9.78 Å². The smallest absolute Gasteiger partial charge is 0.184 e. The van der Waals surface area contributed by atoms with Crippen molar-refractivity contribution in [1.82, 2.24) is 10.3 Å². The predicted molar refractivity (Wildman–Crippen MR) is 54.2 cm³/mol. The first-order valence-electron chi connectivity index (χ1n) is 4.92. The lowest BCUT2D eigenvalue weighted by molar-refractivity contribution is 0.0884. The summed E-state index contributed by atoms with van der Waals surface area (Å²) < 4.78 is 0. The van der Waals surface area contributed by atoms with E-state index in [-0.39, 0.29) is 11.3 Å². The molecule has 1 aromatic heterocycles. The molecule has 14 heavy (non-hydrogen) atoms. The van der Waals surface area contributed by atoms with Gasteiger partial charge in [-0.25, -0.2) is 0 Å². The summed E-state index contributed by atoms with van der Waals surface area (Å²) in [4.78, 5) is 16.0. The molecule has 1 aliphatic rings. The summed E-state index contributed by atoms with van der Waals surface area (Å²) in [6.45, 7) is 2.90. The van der Waals surface area contributed by atoms with Crippen molar-refractivity contribution in [2.75, 3.05) is 6.54 Å². The number of hydrogen-bond acceptors (Lipinski definition) is 3. The minimum Gasteiger partial charge on any atom is -0.305 e.